The van der Waals surface area contributed by atoms with Gasteiger partial charge in [0.25, 0.3) is 0 Å². The predicted octanol–water partition coefficient (Wildman–Crippen LogP) is 1.82. The zero-order valence-corrected chi connectivity index (χ0v) is 12.2. The highest BCUT2D eigenvalue weighted by atomic mass is 35.5. The summed E-state index contributed by atoms with van der Waals surface area (Å²) < 4.78 is 4.98. The van der Waals surface area contributed by atoms with E-state index in [9.17, 15) is 0 Å². The molecule has 19 heavy (non-hydrogen) atoms. The Morgan fingerprint density at radius 2 is 2.05 bits per heavy atom. The van der Waals surface area contributed by atoms with Crippen molar-refractivity contribution in [1.82, 2.24) is 19.9 Å². The number of nitrogens with one attached hydrogen (secondary N) is 1. The number of rotatable bonds is 5. The molecule has 2 heterocycles. The van der Waals surface area contributed by atoms with Crippen LogP contribution in [0, 0.1) is 0 Å². The highest BCUT2D eigenvalue weighted by molar-refractivity contribution is 6.28. The number of ether oxygens (including phenoxy) is 1. The van der Waals surface area contributed by atoms with Gasteiger partial charge in [0.2, 0.25) is 11.2 Å². The summed E-state index contributed by atoms with van der Waals surface area (Å²) in [5.41, 5.74) is 0. The molecule has 0 atom stereocenters. The number of hydrogen-bond donors (Lipinski definition) is 1. The molecular formula is C12H20ClN5O. The lowest BCUT2D eigenvalue weighted by atomic mass is 10.1. The van der Waals surface area contributed by atoms with Gasteiger partial charge in [0.15, 0.2) is 0 Å². The maximum Gasteiger partial charge on any atom is 0.322 e. The molecule has 7 heteroatoms. The van der Waals surface area contributed by atoms with Crippen LogP contribution >= 0.6 is 11.6 Å². The van der Waals surface area contributed by atoms with Gasteiger partial charge in [-0.2, -0.15) is 15.0 Å². The Morgan fingerprint density at radius 3 is 2.68 bits per heavy atom. The van der Waals surface area contributed by atoms with Gasteiger partial charge in [-0.3, -0.25) is 0 Å². The second kappa shape index (κ2) is 6.86. The van der Waals surface area contributed by atoms with Gasteiger partial charge in [0.05, 0.1) is 7.11 Å². The van der Waals surface area contributed by atoms with Gasteiger partial charge in [-0.25, -0.2) is 0 Å². The van der Waals surface area contributed by atoms with Gasteiger partial charge in [-0.05, 0) is 37.4 Å². The number of halogens is 1. The van der Waals surface area contributed by atoms with E-state index in [0.717, 1.165) is 25.9 Å². The minimum absolute atomic E-state index is 0.151. The van der Waals surface area contributed by atoms with Gasteiger partial charge in [-0.15, -0.1) is 0 Å². The Morgan fingerprint density at radius 1 is 1.32 bits per heavy atom. The standard InChI is InChI=1S/C12H20ClN5O/c1-3-6-18-7-4-9(5-8-18)14-11-15-10(13)16-12(17-11)19-2/h9H,3-8H2,1-2H3,(H,14,15,16,17). The van der Waals surface area contributed by atoms with Crippen LogP contribution in [0.4, 0.5) is 5.95 Å². The number of aromatic nitrogens is 3. The highest BCUT2D eigenvalue weighted by Crippen LogP contribution is 2.16. The largest absolute Gasteiger partial charge is 0.467 e. The summed E-state index contributed by atoms with van der Waals surface area (Å²) in [5.74, 6) is 0.491. The van der Waals surface area contributed by atoms with Gasteiger partial charge < -0.3 is 15.0 Å². The van der Waals surface area contributed by atoms with Gasteiger partial charge in [0, 0.05) is 19.1 Å². The smallest absolute Gasteiger partial charge is 0.322 e. The summed E-state index contributed by atoms with van der Waals surface area (Å²) in [5, 5.41) is 3.46. The van der Waals surface area contributed by atoms with E-state index in [1.54, 1.807) is 0 Å². The molecule has 106 valence electrons. The second-order valence-electron chi connectivity index (χ2n) is 4.67. The molecule has 2 rings (SSSR count). The average Bonchev–Trinajstić information content (AvgIpc) is 2.40. The third kappa shape index (κ3) is 4.18. The van der Waals surface area contributed by atoms with Crippen molar-refractivity contribution in [1.29, 1.82) is 0 Å². The lowest BCUT2D eigenvalue weighted by Crippen LogP contribution is -2.39. The molecule has 1 aliphatic rings. The molecular weight excluding hydrogens is 266 g/mol. The molecule has 0 radical (unpaired) electrons. The van der Waals surface area contributed by atoms with Crippen LogP contribution in [0.5, 0.6) is 6.01 Å². The molecule has 1 N–H and O–H groups in total. The summed E-state index contributed by atoms with van der Waals surface area (Å²) in [4.78, 5) is 14.6. The van der Waals surface area contributed by atoms with E-state index in [1.165, 1.54) is 20.1 Å². The summed E-state index contributed by atoms with van der Waals surface area (Å²) >= 11 is 5.82. The Labute approximate surface area is 118 Å². The lowest BCUT2D eigenvalue weighted by Gasteiger charge is -2.32. The predicted molar refractivity (Wildman–Crippen MR) is 74.8 cm³/mol. The first-order valence-corrected chi connectivity index (χ1v) is 7.03. The molecule has 0 bridgehead atoms. The maximum atomic E-state index is 5.82. The molecule has 0 unspecified atom stereocenters. The van der Waals surface area contributed by atoms with Crippen LogP contribution in [0.15, 0.2) is 0 Å². The molecule has 1 aromatic heterocycles. The molecule has 0 spiro atoms. The fourth-order valence-corrected chi connectivity index (χ4v) is 2.44. The Kier molecular flexibility index (Phi) is 5.15. The number of hydrogen-bond acceptors (Lipinski definition) is 6. The topological polar surface area (TPSA) is 63.2 Å². The highest BCUT2D eigenvalue weighted by Gasteiger charge is 2.19. The Balaban J connectivity index is 1.90. The molecule has 0 aliphatic carbocycles. The maximum absolute atomic E-state index is 5.82. The van der Waals surface area contributed by atoms with Crippen molar-refractivity contribution in [3.63, 3.8) is 0 Å². The van der Waals surface area contributed by atoms with E-state index in [2.05, 4.69) is 32.1 Å². The van der Waals surface area contributed by atoms with Crippen LogP contribution < -0.4 is 10.1 Å². The van der Waals surface area contributed by atoms with E-state index >= 15 is 0 Å². The van der Waals surface area contributed by atoms with Gasteiger partial charge in [-0.1, -0.05) is 6.92 Å². The lowest BCUT2D eigenvalue weighted by molar-refractivity contribution is 0.219. The molecule has 1 saturated heterocycles. The van der Waals surface area contributed by atoms with Crippen molar-refractivity contribution in [3.05, 3.63) is 5.28 Å². The summed E-state index contributed by atoms with van der Waals surface area (Å²) in [6.45, 7) is 5.62. The number of nitrogens with zero attached hydrogens (tertiary/aromatic N) is 4. The Hall–Kier alpha value is -1.14. The first kappa shape index (κ1) is 14.3. The molecule has 1 aliphatic heterocycles. The van der Waals surface area contributed by atoms with Crippen LogP contribution in [-0.2, 0) is 0 Å². The fourth-order valence-electron chi connectivity index (χ4n) is 2.29. The van der Waals surface area contributed by atoms with Crippen LogP contribution in [0.1, 0.15) is 26.2 Å². The van der Waals surface area contributed by atoms with E-state index in [-0.39, 0.29) is 11.3 Å². The van der Waals surface area contributed by atoms with Crippen LogP contribution in [-0.4, -0.2) is 52.6 Å². The van der Waals surface area contributed by atoms with Crippen LogP contribution in [0.2, 0.25) is 5.28 Å². The van der Waals surface area contributed by atoms with Crippen LogP contribution in [0.3, 0.4) is 0 Å². The third-order valence-electron chi connectivity index (χ3n) is 3.23. The first-order chi connectivity index (χ1) is 9.21. The second-order valence-corrected chi connectivity index (χ2v) is 5.01. The molecule has 6 nitrogen and oxygen atoms in total. The van der Waals surface area contributed by atoms with Gasteiger partial charge >= 0.3 is 6.01 Å². The number of piperidine rings is 1. The number of anilines is 1. The summed E-state index contributed by atoms with van der Waals surface area (Å²) in [7, 11) is 1.51. The summed E-state index contributed by atoms with van der Waals surface area (Å²) in [6, 6.07) is 0.627. The van der Waals surface area contributed by atoms with Crippen molar-refractivity contribution in [2.45, 2.75) is 32.2 Å². The third-order valence-corrected chi connectivity index (χ3v) is 3.40. The van der Waals surface area contributed by atoms with Crippen LogP contribution in [0.25, 0.3) is 0 Å². The Bertz CT molecular complexity index is 409. The zero-order chi connectivity index (χ0) is 13.7. The normalized spacial score (nSPS) is 17.4. The van der Waals surface area contributed by atoms with E-state index in [1.807, 2.05) is 0 Å². The summed E-state index contributed by atoms with van der Waals surface area (Å²) in [6.07, 6.45) is 3.38. The molecule has 0 amide bonds. The SMILES string of the molecule is CCCN1CCC(Nc2nc(Cl)nc(OC)n2)CC1. The average molecular weight is 286 g/mol. The fraction of sp³-hybridized carbons (Fsp3) is 0.750. The van der Waals surface area contributed by atoms with Crippen molar-refractivity contribution in [2.75, 3.05) is 32.1 Å². The minimum atomic E-state index is 0.151. The van der Waals surface area contributed by atoms with E-state index in [0.29, 0.717) is 12.0 Å². The minimum Gasteiger partial charge on any atom is -0.467 e. The van der Waals surface area contributed by atoms with E-state index in [4.69, 9.17) is 16.3 Å². The molecule has 1 aromatic rings. The monoisotopic (exact) mass is 285 g/mol. The number of methoxy groups -OCH3 is 1. The molecule has 0 aromatic carbocycles. The van der Waals surface area contributed by atoms with Crippen molar-refractivity contribution >= 4 is 17.5 Å². The zero-order valence-electron chi connectivity index (χ0n) is 11.4. The molecule has 0 saturated carbocycles. The van der Waals surface area contributed by atoms with Crippen molar-refractivity contribution < 1.29 is 4.74 Å². The van der Waals surface area contributed by atoms with Crippen molar-refractivity contribution in [3.8, 4) is 6.01 Å². The first-order valence-electron chi connectivity index (χ1n) is 6.65. The quantitative estimate of drug-likeness (QED) is 0.890. The van der Waals surface area contributed by atoms with E-state index < -0.39 is 0 Å². The number of likely N-dealkylation sites (tertiary alicyclic amines) is 1. The van der Waals surface area contributed by atoms with Gasteiger partial charge in [0.1, 0.15) is 0 Å². The molecule has 1 fully saturated rings. The van der Waals surface area contributed by atoms with Crippen molar-refractivity contribution in [2.24, 2.45) is 0 Å².